The van der Waals surface area contributed by atoms with E-state index in [1.807, 2.05) is 6.07 Å². The molecule has 0 amide bonds. The van der Waals surface area contributed by atoms with Crippen molar-refractivity contribution >= 4 is 43.4 Å². The molecular weight excluding hydrogens is 368 g/mol. The Kier molecular flexibility index (Phi) is 4.83. The fraction of sp³-hybridized carbons (Fsp3) is 0.0625. The first-order valence-corrected chi connectivity index (χ1v) is 8.97. The maximum Gasteiger partial charge on any atom is 0.336 e. The molecule has 0 aromatic heterocycles. The van der Waals surface area contributed by atoms with Crippen molar-refractivity contribution in [1.82, 2.24) is 0 Å². The van der Waals surface area contributed by atoms with E-state index in [0.717, 1.165) is 10.7 Å². The van der Waals surface area contributed by atoms with Gasteiger partial charge < -0.3 is 5.11 Å². The van der Waals surface area contributed by atoms with Gasteiger partial charge in [-0.05, 0) is 41.5 Å². The van der Waals surface area contributed by atoms with Crippen LogP contribution in [-0.4, -0.2) is 25.7 Å². The van der Waals surface area contributed by atoms with Crippen LogP contribution in [0.1, 0.15) is 11.1 Å². The van der Waals surface area contributed by atoms with Gasteiger partial charge in [-0.15, -0.1) is 0 Å². The number of carboxylic acid groups (broad SMARTS) is 1. The summed E-state index contributed by atoms with van der Waals surface area (Å²) in [6.07, 6.45) is 2.64. The third kappa shape index (κ3) is 4.05. The van der Waals surface area contributed by atoms with Crippen LogP contribution in [0.3, 0.4) is 0 Å². The molecule has 0 spiro atoms. The van der Waals surface area contributed by atoms with Crippen molar-refractivity contribution in [3.05, 3.63) is 64.1 Å². The molecule has 1 N–H and O–H groups in total. The van der Waals surface area contributed by atoms with E-state index in [1.54, 1.807) is 30.3 Å². The largest absolute Gasteiger partial charge is 0.478 e. The van der Waals surface area contributed by atoms with Gasteiger partial charge in [0.1, 0.15) is 0 Å². The second-order valence-corrected chi connectivity index (χ2v) is 7.65. The molecule has 0 aliphatic carbocycles. The second kappa shape index (κ2) is 6.46. The van der Waals surface area contributed by atoms with Gasteiger partial charge in [-0.1, -0.05) is 40.2 Å². The summed E-state index contributed by atoms with van der Waals surface area (Å²) in [5.41, 5.74) is 1.31. The first-order chi connectivity index (χ1) is 10.3. The Morgan fingerprint density at radius 1 is 1.14 bits per heavy atom. The van der Waals surface area contributed by atoms with E-state index in [2.05, 4.69) is 15.9 Å². The van der Waals surface area contributed by atoms with E-state index in [4.69, 9.17) is 0 Å². The van der Waals surface area contributed by atoms with Gasteiger partial charge in [0.2, 0.25) is 0 Å². The molecule has 2 aromatic carbocycles. The molecule has 0 radical (unpaired) electrons. The van der Waals surface area contributed by atoms with Crippen LogP contribution in [0.2, 0.25) is 0 Å². The topological polar surface area (TPSA) is 71.4 Å². The molecule has 6 heteroatoms. The van der Waals surface area contributed by atoms with E-state index in [-0.39, 0.29) is 10.5 Å². The van der Waals surface area contributed by atoms with Crippen LogP contribution in [-0.2, 0) is 14.6 Å². The molecule has 0 atom stereocenters. The molecule has 0 unspecified atom stereocenters. The first-order valence-electron chi connectivity index (χ1n) is 6.28. The lowest BCUT2D eigenvalue weighted by molar-refractivity contribution is -0.130. The Morgan fingerprint density at radius 2 is 1.77 bits per heavy atom. The van der Waals surface area contributed by atoms with Gasteiger partial charge >= 0.3 is 5.97 Å². The fourth-order valence-electron chi connectivity index (χ4n) is 1.90. The van der Waals surface area contributed by atoms with Crippen molar-refractivity contribution in [3.63, 3.8) is 0 Å². The van der Waals surface area contributed by atoms with Gasteiger partial charge in [0.25, 0.3) is 0 Å². The summed E-state index contributed by atoms with van der Waals surface area (Å²) in [5, 5.41) is 9.38. The highest BCUT2D eigenvalue weighted by Crippen LogP contribution is 2.22. The van der Waals surface area contributed by atoms with E-state index >= 15 is 0 Å². The summed E-state index contributed by atoms with van der Waals surface area (Å²) < 4.78 is 23.6. The lowest BCUT2D eigenvalue weighted by Gasteiger charge is -2.05. The molecule has 0 fully saturated rings. The van der Waals surface area contributed by atoms with E-state index in [0.29, 0.717) is 11.1 Å². The highest BCUT2D eigenvalue weighted by molar-refractivity contribution is 9.10. The monoisotopic (exact) mass is 380 g/mol. The number of hydrogen-bond acceptors (Lipinski definition) is 3. The summed E-state index contributed by atoms with van der Waals surface area (Å²) in [7, 11) is -3.27. The number of carbonyl (C=O) groups is 1. The first kappa shape index (κ1) is 16.5. The van der Waals surface area contributed by atoms with E-state index in [1.165, 1.54) is 18.2 Å². The Morgan fingerprint density at radius 3 is 2.27 bits per heavy atom. The van der Waals surface area contributed by atoms with Gasteiger partial charge in [0.05, 0.1) is 10.5 Å². The Hall–Kier alpha value is -1.92. The van der Waals surface area contributed by atoms with Gasteiger partial charge in [-0.2, -0.15) is 0 Å². The Bertz CT molecular complexity index is 837. The quantitative estimate of drug-likeness (QED) is 0.650. The molecule has 0 bridgehead atoms. The van der Waals surface area contributed by atoms with Crippen LogP contribution in [0.4, 0.5) is 0 Å². The predicted octanol–water partition coefficient (Wildman–Crippen LogP) is 3.48. The molecule has 2 aromatic rings. The van der Waals surface area contributed by atoms with Crippen molar-refractivity contribution < 1.29 is 18.3 Å². The number of sulfone groups is 1. The van der Waals surface area contributed by atoms with E-state index < -0.39 is 15.8 Å². The summed E-state index contributed by atoms with van der Waals surface area (Å²) in [4.78, 5) is 11.7. The molecule has 114 valence electrons. The Labute approximate surface area is 137 Å². The highest BCUT2D eigenvalue weighted by Gasteiger charge is 2.11. The lowest BCUT2D eigenvalue weighted by atomic mass is 10.0. The summed E-state index contributed by atoms with van der Waals surface area (Å²) in [6, 6.07) is 13.1. The summed E-state index contributed by atoms with van der Waals surface area (Å²) in [5.74, 6) is -1.05. The maximum atomic E-state index is 11.5. The van der Waals surface area contributed by atoms with Crippen molar-refractivity contribution in [3.8, 4) is 0 Å². The van der Waals surface area contributed by atoms with Crippen LogP contribution >= 0.6 is 15.9 Å². The molecular formula is C16H13BrO4S. The minimum Gasteiger partial charge on any atom is -0.478 e. The molecule has 0 aliphatic rings. The molecule has 22 heavy (non-hydrogen) atoms. The third-order valence-corrected chi connectivity index (χ3v) is 4.61. The fourth-order valence-corrected chi connectivity index (χ4v) is 2.93. The second-order valence-electron chi connectivity index (χ2n) is 4.71. The SMILES string of the molecule is CS(=O)(=O)c1ccc(/C=C(/C(=O)O)c2cccc(Br)c2)cc1. The zero-order chi connectivity index (χ0) is 16.3. The minimum absolute atomic E-state index is 0.133. The highest BCUT2D eigenvalue weighted by atomic mass is 79.9. The van der Waals surface area contributed by atoms with Crippen LogP contribution in [0.5, 0.6) is 0 Å². The zero-order valence-corrected chi connectivity index (χ0v) is 14.1. The maximum absolute atomic E-state index is 11.5. The summed E-state index contributed by atoms with van der Waals surface area (Å²) in [6.45, 7) is 0. The smallest absolute Gasteiger partial charge is 0.336 e. The summed E-state index contributed by atoms with van der Waals surface area (Å²) >= 11 is 3.31. The van der Waals surface area contributed by atoms with Crippen molar-refractivity contribution in [2.75, 3.05) is 6.26 Å². The van der Waals surface area contributed by atoms with Crippen LogP contribution in [0, 0.1) is 0 Å². The zero-order valence-electron chi connectivity index (χ0n) is 11.7. The van der Waals surface area contributed by atoms with Crippen molar-refractivity contribution in [2.45, 2.75) is 4.90 Å². The average Bonchev–Trinajstić information content (AvgIpc) is 2.44. The van der Waals surface area contributed by atoms with Crippen LogP contribution in [0.15, 0.2) is 57.9 Å². The van der Waals surface area contributed by atoms with Gasteiger partial charge in [-0.25, -0.2) is 13.2 Å². The Balaban J connectivity index is 2.45. The molecule has 0 heterocycles. The van der Waals surface area contributed by atoms with Gasteiger partial charge in [0.15, 0.2) is 9.84 Å². The normalized spacial score (nSPS) is 12.2. The molecule has 0 aliphatic heterocycles. The van der Waals surface area contributed by atoms with Gasteiger partial charge in [-0.3, -0.25) is 0 Å². The number of hydrogen-bond donors (Lipinski definition) is 1. The van der Waals surface area contributed by atoms with Crippen molar-refractivity contribution in [2.24, 2.45) is 0 Å². The molecule has 4 nitrogen and oxygen atoms in total. The van der Waals surface area contributed by atoms with E-state index in [9.17, 15) is 18.3 Å². The van der Waals surface area contributed by atoms with Gasteiger partial charge in [0, 0.05) is 10.7 Å². The number of benzene rings is 2. The molecule has 0 saturated carbocycles. The number of rotatable bonds is 4. The third-order valence-electron chi connectivity index (χ3n) is 2.99. The molecule has 0 saturated heterocycles. The lowest BCUT2D eigenvalue weighted by Crippen LogP contribution is -2.00. The standard InChI is InChI=1S/C16H13BrO4S/c1-22(20,21)14-7-5-11(6-8-14)9-15(16(18)19)12-3-2-4-13(17)10-12/h2-10H,1H3,(H,18,19)/b15-9+. The van der Waals surface area contributed by atoms with Crippen LogP contribution < -0.4 is 0 Å². The predicted molar refractivity (Wildman–Crippen MR) is 89.2 cm³/mol. The van der Waals surface area contributed by atoms with Crippen molar-refractivity contribution in [1.29, 1.82) is 0 Å². The number of carboxylic acids is 1. The number of halogens is 1. The van der Waals surface area contributed by atoms with Crippen LogP contribution in [0.25, 0.3) is 11.6 Å². The number of aliphatic carboxylic acids is 1. The average molecular weight is 381 g/mol. The minimum atomic E-state index is -3.27. The molecule has 2 rings (SSSR count).